The van der Waals surface area contributed by atoms with E-state index in [0.717, 1.165) is 18.9 Å². The van der Waals surface area contributed by atoms with Crippen LogP contribution in [0, 0.1) is 11.8 Å². The van der Waals surface area contributed by atoms with Crippen LogP contribution in [0.4, 0.5) is 18.9 Å². The summed E-state index contributed by atoms with van der Waals surface area (Å²) in [6.07, 6.45) is -2.34. The third-order valence-corrected chi connectivity index (χ3v) is 4.59. The van der Waals surface area contributed by atoms with Crippen molar-refractivity contribution in [1.29, 1.82) is 0 Å². The average Bonchev–Trinajstić information content (AvgIpc) is 2.62. The largest absolute Gasteiger partial charge is 0.418 e. The fraction of sp³-hybridized carbons (Fsp3) is 0.571. The summed E-state index contributed by atoms with van der Waals surface area (Å²) in [6.45, 7) is 4.25. The van der Waals surface area contributed by atoms with Crippen LogP contribution in [-0.4, -0.2) is 6.04 Å². The van der Waals surface area contributed by atoms with Crippen molar-refractivity contribution in [3.05, 3.63) is 28.2 Å². The minimum absolute atomic E-state index is 0.122. The molecule has 5 heteroatoms. The Hall–Kier alpha value is -0.710. The standard InChI is InChI=1S/C14H17BrF3N/c1-8-3-5-12(9(8)2)19-13-6-4-10(15)7-11(13)14(16,17)18/h4,6-9,12,19H,3,5H2,1-2H3. The van der Waals surface area contributed by atoms with Crippen molar-refractivity contribution in [1.82, 2.24) is 0 Å². The lowest BCUT2D eigenvalue weighted by molar-refractivity contribution is -0.137. The number of nitrogens with one attached hydrogen (secondary N) is 1. The van der Waals surface area contributed by atoms with E-state index in [4.69, 9.17) is 0 Å². The number of anilines is 1. The van der Waals surface area contributed by atoms with Crippen LogP contribution in [-0.2, 0) is 6.18 Å². The Labute approximate surface area is 119 Å². The van der Waals surface area contributed by atoms with Crippen molar-refractivity contribution >= 4 is 21.6 Å². The van der Waals surface area contributed by atoms with Crippen LogP contribution in [0.15, 0.2) is 22.7 Å². The van der Waals surface area contributed by atoms with E-state index in [9.17, 15) is 13.2 Å². The second-order valence-electron chi connectivity index (χ2n) is 5.35. The topological polar surface area (TPSA) is 12.0 Å². The zero-order valence-corrected chi connectivity index (χ0v) is 12.5. The molecule has 0 bridgehead atoms. The second kappa shape index (κ2) is 5.35. The van der Waals surface area contributed by atoms with E-state index in [1.54, 1.807) is 6.07 Å². The maximum Gasteiger partial charge on any atom is 0.418 e. The lowest BCUT2D eigenvalue weighted by Crippen LogP contribution is -2.25. The molecule has 0 radical (unpaired) electrons. The molecule has 0 heterocycles. The Bertz CT molecular complexity index is 458. The molecule has 0 aliphatic heterocycles. The lowest BCUT2D eigenvalue weighted by Gasteiger charge is -2.23. The second-order valence-corrected chi connectivity index (χ2v) is 6.27. The van der Waals surface area contributed by atoms with Crippen molar-refractivity contribution in [2.75, 3.05) is 5.32 Å². The summed E-state index contributed by atoms with van der Waals surface area (Å²) in [5.74, 6) is 0.951. The van der Waals surface area contributed by atoms with Crippen molar-refractivity contribution in [3.63, 3.8) is 0 Å². The van der Waals surface area contributed by atoms with Crippen LogP contribution < -0.4 is 5.32 Å². The average molecular weight is 336 g/mol. The first kappa shape index (κ1) is 14.7. The molecule has 0 amide bonds. The number of benzene rings is 1. The zero-order valence-electron chi connectivity index (χ0n) is 10.9. The Kier molecular flexibility index (Phi) is 4.14. The number of rotatable bonds is 2. The summed E-state index contributed by atoms with van der Waals surface area (Å²) in [4.78, 5) is 0. The number of halogens is 4. The predicted molar refractivity (Wildman–Crippen MR) is 74.1 cm³/mol. The molecule has 1 aromatic rings. The van der Waals surface area contributed by atoms with Gasteiger partial charge in [0, 0.05) is 16.2 Å². The maximum absolute atomic E-state index is 13.0. The number of hydrogen-bond donors (Lipinski definition) is 1. The van der Waals surface area contributed by atoms with Gasteiger partial charge in [0.05, 0.1) is 5.56 Å². The molecule has 2 rings (SSSR count). The predicted octanol–water partition coefficient (Wildman–Crippen LogP) is 5.31. The molecule has 3 unspecified atom stereocenters. The highest BCUT2D eigenvalue weighted by Crippen LogP contribution is 2.39. The fourth-order valence-electron chi connectivity index (χ4n) is 2.65. The van der Waals surface area contributed by atoms with E-state index < -0.39 is 11.7 Å². The molecular weight excluding hydrogens is 319 g/mol. The van der Waals surface area contributed by atoms with Gasteiger partial charge in [-0.3, -0.25) is 0 Å². The van der Waals surface area contributed by atoms with E-state index in [1.807, 2.05) is 0 Å². The summed E-state index contributed by atoms with van der Waals surface area (Å²) in [5, 5.41) is 3.08. The highest BCUT2D eigenvalue weighted by Gasteiger charge is 2.36. The van der Waals surface area contributed by atoms with E-state index in [2.05, 4.69) is 35.1 Å². The first-order valence-electron chi connectivity index (χ1n) is 6.42. The van der Waals surface area contributed by atoms with Crippen LogP contribution in [0.3, 0.4) is 0 Å². The molecule has 0 saturated heterocycles. The first-order valence-corrected chi connectivity index (χ1v) is 7.21. The van der Waals surface area contributed by atoms with Gasteiger partial charge in [0.15, 0.2) is 0 Å². The Morgan fingerprint density at radius 2 is 1.89 bits per heavy atom. The molecule has 1 fully saturated rings. The van der Waals surface area contributed by atoms with E-state index in [0.29, 0.717) is 16.3 Å². The smallest absolute Gasteiger partial charge is 0.382 e. The fourth-order valence-corrected chi connectivity index (χ4v) is 3.01. The highest BCUT2D eigenvalue weighted by molar-refractivity contribution is 9.10. The maximum atomic E-state index is 13.0. The van der Waals surface area contributed by atoms with Crippen LogP contribution in [0.5, 0.6) is 0 Å². The van der Waals surface area contributed by atoms with Gasteiger partial charge in [-0.15, -0.1) is 0 Å². The first-order chi connectivity index (χ1) is 8.79. The van der Waals surface area contributed by atoms with E-state index >= 15 is 0 Å². The minimum Gasteiger partial charge on any atom is -0.382 e. The molecular formula is C14H17BrF3N. The molecule has 0 aromatic heterocycles. The molecule has 1 saturated carbocycles. The van der Waals surface area contributed by atoms with Crippen molar-refractivity contribution in [3.8, 4) is 0 Å². The van der Waals surface area contributed by atoms with Crippen LogP contribution in [0.2, 0.25) is 0 Å². The minimum atomic E-state index is -4.33. The van der Waals surface area contributed by atoms with Gasteiger partial charge in [-0.05, 0) is 42.9 Å². The Balaban J connectivity index is 2.25. The summed E-state index contributed by atoms with van der Waals surface area (Å²) in [5.41, 5.74) is -0.421. The van der Waals surface area contributed by atoms with Gasteiger partial charge < -0.3 is 5.32 Å². The van der Waals surface area contributed by atoms with Gasteiger partial charge in [0.2, 0.25) is 0 Å². The molecule has 1 N–H and O–H groups in total. The molecule has 3 atom stereocenters. The van der Waals surface area contributed by atoms with Crippen LogP contribution in [0.25, 0.3) is 0 Å². The monoisotopic (exact) mass is 335 g/mol. The van der Waals surface area contributed by atoms with E-state index in [-0.39, 0.29) is 11.7 Å². The molecule has 1 aliphatic carbocycles. The van der Waals surface area contributed by atoms with Crippen molar-refractivity contribution in [2.45, 2.75) is 38.9 Å². The summed E-state index contributed by atoms with van der Waals surface area (Å²) in [6, 6.07) is 4.39. The van der Waals surface area contributed by atoms with Crippen LogP contribution in [0.1, 0.15) is 32.3 Å². The van der Waals surface area contributed by atoms with Gasteiger partial charge in [0.25, 0.3) is 0 Å². The third kappa shape index (κ3) is 3.25. The van der Waals surface area contributed by atoms with Gasteiger partial charge in [-0.1, -0.05) is 29.8 Å². The normalized spacial score (nSPS) is 27.6. The molecule has 106 valence electrons. The molecule has 19 heavy (non-hydrogen) atoms. The highest BCUT2D eigenvalue weighted by atomic mass is 79.9. The Morgan fingerprint density at radius 3 is 2.42 bits per heavy atom. The third-order valence-electron chi connectivity index (χ3n) is 4.09. The lowest BCUT2D eigenvalue weighted by atomic mass is 9.97. The molecule has 1 nitrogen and oxygen atoms in total. The van der Waals surface area contributed by atoms with Gasteiger partial charge in [0.1, 0.15) is 0 Å². The van der Waals surface area contributed by atoms with Gasteiger partial charge in [-0.2, -0.15) is 13.2 Å². The van der Waals surface area contributed by atoms with Gasteiger partial charge >= 0.3 is 6.18 Å². The van der Waals surface area contributed by atoms with Crippen molar-refractivity contribution < 1.29 is 13.2 Å². The zero-order chi connectivity index (χ0) is 14.2. The number of alkyl halides is 3. The summed E-state index contributed by atoms with van der Waals surface area (Å²) < 4.78 is 39.5. The van der Waals surface area contributed by atoms with E-state index in [1.165, 1.54) is 6.07 Å². The molecule has 0 spiro atoms. The summed E-state index contributed by atoms with van der Waals surface area (Å²) in [7, 11) is 0. The van der Waals surface area contributed by atoms with Crippen molar-refractivity contribution in [2.24, 2.45) is 11.8 Å². The number of hydrogen-bond acceptors (Lipinski definition) is 1. The van der Waals surface area contributed by atoms with Gasteiger partial charge in [-0.25, -0.2) is 0 Å². The Morgan fingerprint density at radius 1 is 1.21 bits per heavy atom. The summed E-state index contributed by atoms with van der Waals surface area (Å²) >= 11 is 3.10. The molecule has 1 aromatic carbocycles. The van der Waals surface area contributed by atoms with Crippen LogP contribution >= 0.6 is 15.9 Å². The quantitative estimate of drug-likeness (QED) is 0.771. The molecule has 1 aliphatic rings. The SMILES string of the molecule is CC1CCC(Nc2ccc(Br)cc2C(F)(F)F)C1C.